The summed E-state index contributed by atoms with van der Waals surface area (Å²) in [7, 11) is 0. The van der Waals surface area contributed by atoms with Gasteiger partial charge in [-0.1, -0.05) is 34.3 Å². The summed E-state index contributed by atoms with van der Waals surface area (Å²) in [5.74, 6) is 0.771. The van der Waals surface area contributed by atoms with Crippen molar-refractivity contribution in [3.63, 3.8) is 0 Å². The smallest absolute Gasteiger partial charge is 0.209 e. The first-order chi connectivity index (χ1) is 7.88. The summed E-state index contributed by atoms with van der Waals surface area (Å²) in [6, 6.07) is 0. The molecular weight excluding hydrogens is 302 g/mol. The molecule has 0 amide bonds. The Morgan fingerprint density at radius 2 is 2.24 bits per heavy atom. The van der Waals surface area contributed by atoms with E-state index < -0.39 is 0 Å². The van der Waals surface area contributed by atoms with Crippen LogP contribution in [0.5, 0.6) is 0 Å². The summed E-state index contributed by atoms with van der Waals surface area (Å²) in [6.07, 6.45) is 0. The van der Waals surface area contributed by atoms with Crippen LogP contribution in [0.15, 0.2) is 16.2 Å². The maximum absolute atomic E-state index is 3.98. The zero-order chi connectivity index (χ0) is 12.9. The van der Waals surface area contributed by atoms with E-state index in [0.29, 0.717) is 0 Å². The van der Waals surface area contributed by atoms with Crippen LogP contribution in [-0.4, -0.2) is 38.0 Å². The molecule has 96 valence electrons. The highest BCUT2D eigenvalue weighted by molar-refractivity contribution is 9.11. The van der Waals surface area contributed by atoms with Crippen LogP contribution in [0.1, 0.15) is 20.8 Å². The SMILES string of the molecule is C=C(Br)CSc1nnnn1CCNC(C)(C)C. The van der Waals surface area contributed by atoms with Gasteiger partial charge in [-0.15, -0.1) is 5.10 Å². The highest BCUT2D eigenvalue weighted by Crippen LogP contribution is 2.18. The second kappa shape index (κ2) is 6.51. The van der Waals surface area contributed by atoms with Gasteiger partial charge in [0.1, 0.15) is 0 Å². The van der Waals surface area contributed by atoms with Crippen molar-refractivity contribution in [3.8, 4) is 0 Å². The molecule has 7 heteroatoms. The van der Waals surface area contributed by atoms with E-state index in [1.54, 1.807) is 16.4 Å². The Kier molecular flexibility index (Phi) is 5.61. The van der Waals surface area contributed by atoms with E-state index in [-0.39, 0.29) is 5.54 Å². The van der Waals surface area contributed by atoms with E-state index in [4.69, 9.17) is 0 Å². The molecule has 0 aromatic carbocycles. The first-order valence-electron chi connectivity index (χ1n) is 5.36. The van der Waals surface area contributed by atoms with Gasteiger partial charge in [0.05, 0.1) is 6.54 Å². The van der Waals surface area contributed by atoms with E-state index in [1.165, 1.54) is 0 Å². The van der Waals surface area contributed by atoms with Crippen molar-refractivity contribution in [2.45, 2.75) is 38.0 Å². The van der Waals surface area contributed by atoms with Crippen LogP contribution < -0.4 is 5.32 Å². The lowest BCUT2D eigenvalue weighted by molar-refractivity contribution is 0.396. The van der Waals surface area contributed by atoms with Crippen molar-refractivity contribution >= 4 is 27.7 Å². The van der Waals surface area contributed by atoms with Gasteiger partial charge in [-0.25, -0.2) is 4.68 Å². The standard InChI is InChI=1S/C10H18BrN5S/c1-8(11)7-17-9-13-14-15-16(9)6-5-12-10(2,3)4/h12H,1,5-7H2,2-4H3. The zero-order valence-corrected chi connectivity index (χ0v) is 12.8. The molecule has 1 rings (SSSR count). The zero-order valence-electron chi connectivity index (χ0n) is 10.4. The fourth-order valence-electron chi connectivity index (χ4n) is 1.12. The molecule has 1 heterocycles. The van der Waals surface area contributed by atoms with Crippen LogP contribution in [0.2, 0.25) is 0 Å². The van der Waals surface area contributed by atoms with Crippen molar-refractivity contribution in [1.82, 2.24) is 25.5 Å². The number of hydrogen-bond donors (Lipinski definition) is 1. The number of nitrogens with zero attached hydrogens (tertiary/aromatic N) is 4. The lowest BCUT2D eigenvalue weighted by Gasteiger charge is -2.20. The Hall–Kier alpha value is -0.400. The number of nitrogens with one attached hydrogen (secondary N) is 1. The van der Waals surface area contributed by atoms with E-state index in [1.807, 2.05) is 0 Å². The molecular formula is C10H18BrN5S. The summed E-state index contributed by atoms with van der Waals surface area (Å²) in [6.45, 7) is 11.8. The molecule has 1 aromatic heterocycles. The van der Waals surface area contributed by atoms with Gasteiger partial charge in [-0.3, -0.25) is 0 Å². The fraction of sp³-hybridized carbons (Fsp3) is 0.700. The van der Waals surface area contributed by atoms with Crippen molar-refractivity contribution in [3.05, 3.63) is 11.1 Å². The summed E-state index contributed by atoms with van der Waals surface area (Å²) in [5, 5.41) is 15.8. The summed E-state index contributed by atoms with van der Waals surface area (Å²) < 4.78 is 2.74. The molecule has 0 radical (unpaired) electrons. The third-order valence-corrected chi connectivity index (χ3v) is 3.53. The van der Waals surface area contributed by atoms with Gasteiger partial charge in [-0.05, 0) is 35.7 Å². The average molecular weight is 320 g/mol. The summed E-state index contributed by atoms with van der Waals surface area (Å²) >= 11 is 4.89. The normalized spacial score (nSPS) is 11.8. The molecule has 17 heavy (non-hydrogen) atoms. The molecule has 1 N–H and O–H groups in total. The number of halogens is 1. The summed E-state index contributed by atoms with van der Waals surface area (Å²) in [5.41, 5.74) is 0.117. The van der Waals surface area contributed by atoms with Crippen molar-refractivity contribution in [2.24, 2.45) is 0 Å². The predicted molar refractivity (Wildman–Crippen MR) is 74.4 cm³/mol. The third-order valence-electron chi connectivity index (χ3n) is 1.84. The van der Waals surface area contributed by atoms with Gasteiger partial charge in [-0.2, -0.15) is 0 Å². The first kappa shape index (κ1) is 14.7. The number of thioether (sulfide) groups is 1. The Bertz CT molecular complexity index is 371. The predicted octanol–water partition coefficient (Wildman–Crippen LogP) is 2.06. The minimum absolute atomic E-state index is 0.117. The maximum atomic E-state index is 3.98. The largest absolute Gasteiger partial charge is 0.310 e. The molecule has 0 aliphatic heterocycles. The Balaban J connectivity index is 2.43. The Morgan fingerprint density at radius 3 is 2.82 bits per heavy atom. The van der Waals surface area contributed by atoms with Crippen LogP contribution in [0, 0.1) is 0 Å². The second-order valence-electron chi connectivity index (χ2n) is 4.67. The van der Waals surface area contributed by atoms with Crippen LogP contribution in [0.25, 0.3) is 0 Å². The minimum atomic E-state index is 0.117. The monoisotopic (exact) mass is 319 g/mol. The van der Waals surface area contributed by atoms with Gasteiger partial charge < -0.3 is 5.32 Å². The number of tetrazole rings is 1. The van der Waals surface area contributed by atoms with E-state index in [0.717, 1.165) is 28.5 Å². The molecule has 0 atom stereocenters. The molecule has 0 saturated heterocycles. The molecule has 0 fully saturated rings. The van der Waals surface area contributed by atoms with Gasteiger partial charge >= 0.3 is 0 Å². The Morgan fingerprint density at radius 1 is 1.53 bits per heavy atom. The molecule has 1 aromatic rings. The van der Waals surface area contributed by atoms with Crippen LogP contribution >= 0.6 is 27.7 Å². The van der Waals surface area contributed by atoms with E-state index in [2.05, 4.69) is 64.1 Å². The molecule has 0 spiro atoms. The molecule has 0 unspecified atom stereocenters. The highest BCUT2D eigenvalue weighted by atomic mass is 79.9. The van der Waals surface area contributed by atoms with Crippen LogP contribution in [-0.2, 0) is 6.54 Å². The van der Waals surface area contributed by atoms with E-state index >= 15 is 0 Å². The quantitative estimate of drug-likeness (QED) is 0.813. The number of hydrogen-bond acceptors (Lipinski definition) is 5. The second-order valence-corrected chi connectivity index (χ2v) is 6.73. The number of aromatic nitrogens is 4. The lowest BCUT2D eigenvalue weighted by atomic mass is 10.1. The number of rotatable bonds is 6. The maximum Gasteiger partial charge on any atom is 0.209 e. The fourth-order valence-corrected chi connectivity index (χ4v) is 2.12. The molecule has 0 bridgehead atoms. The summed E-state index contributed by atoms with van der Waals surface area (Å²) in [4.78, 5) is 0. The molecule has 0 saturated carbocycles. The topological polar surface area (TPSA) is 55.6 Å². The van der Waals surface area contributed by atoms with Crippen molar-refractivity contribution in [2.75, 3.05) is 12.3 Å². The van der Waals surface area contributed by atoms with Gasteiger partial charge in [0.25, 0.3) is 0 Å². The highest BCUT2D eigenvalue weighted by Gasteiger charge is 2.10. The third kappa shape index (κ3) is 6.18. The van der Waals surface area contributed by atoms with Crippen molar-refractivity contribution in [1.29, 1.82) is 0 Å². The first-order valence-corrected chi connectivity index (χ1v) is 7.13. The van der Waals surface area contributed by atoms with Gasteiger partial charge in [0, 0.05) is 17.8 Å². The average Bonchev–Trinajstić information content (AvgIpc) is 2.60. The van der Waals surface area contributed by atoms with Gasteiger partial charge in [0.2, 0.25) is 5.16 Å². The molecule has 0 aliphatic rings. The minimum Gasteiger partial charge on any atom is -0.310 e. The van der Waals surface area contributed by atoms with Crippen molar-refractivity contribution < 1.29 is 0 Å². The van der Waals surface area contributed by atoms with E-state index in [9.17, 15) is 0 Å². The van der Waals surface area contributed by atoms with Gasteiger partial charge in [0.15, 0.2) is 0 Å². The molecule has 5 nitrogen and oxygen atoms in total. The van der Waals surface area contributed by atoms with Crippen LogP contribution in [0.4, 0.5) is 0 Å². The lowest BCUT2D eigenvalue weighted by Crippen LogP contribution is -2.38. The van der Waals surface area contributed by atoms with Crippen LogP contribution in [0.3, 0.4) is 0 Å². The Labute approximate surface area is 115 Å². The molecule has 0 aliphatic carbocycles.